The first-order chi connectivity index (χ1) is 43.1. The van der Waals surface area contributed by atoms with Crippen LogP contribution < -0.4 is 0 Å². The van der Waals surface area contributed by atoms with Crippen LogP contribution in [0.5, 0.6) is 0 Å². The predicted octanol–water partition coefficient (Wildman–Crippen LogP) is 20.1. The Labute approximate surface area is 549 Å². The van der Waals surface area contributed by atoms with Crippen molar-refractivity contribution in [3.63, 3.8) is 0 Å². The van der Waals surface area contributed by atoms with E-state index in [2.05, 4.69) is 55.4 Å². The van der Waals surface area contributed by atoms with Gasteiger partial charge in [0.2, 0.25) is 0 Å². The van der Waals surface area contributed by atoms with E-state index in [1.807, 2.05) is 0 Å². The van der Waals surface area contributed by atoms with Gasteiger partial charge >= 0.3 is 39.5 Å². The largest absolute Gasteiger partial charge is 0.472 e. The molecule has 0 rings (SSSR count). The van der Waals surface area contributed by atoms with Gasteiger partial charge in [-0.05, 0) is 49.4 Å². The molecule has 0 heterocycles. The second-order valence-electron chi connectivity index (χ2n) is 27.5. The number of phosphoric acid groups is 2. The van der Waals surface area contributed by atoms with Gasteiger partial charge in [-0.15, -0.1) is 0 Å². The van der Waals surface area contributed by atoms with Crippen LogP contribution in [0.3, 0.4) is 0 Å². The highest BCUT2D eigenvalue weighted by atomic mass is 31.2. The lowest BCUT2D eigenvalue weighted by Gasteiger charge is -2.21. The van der Waals surface area contributed by atoms with Crippen LogP contribution in [0.15, 0.2) is 0 Å². The van der Waals surface area contributed by atoms with Crippen molar-refractivity contribution in [1.29, 1.82) is 0 Å². The van der Waals surface area contributed by atoms with Gasteiger partial charge in [0.25, 0.3) is 0 Å². The van der Waals surface area contributed by atoms with E-state index in [-0.39, 0.29) is 25.7 Å². The molecular weight excluding hydrogens is 1190 g/mol. The topological polar surface area (TPSA) is 237 Å². The Kier molecular flexibility index (Phi) is 59.4. The maximum atomic E-state index is 13.0. The lowest BCUT2D eigenvalue weighted by Crippen LogP contribution is -2.30. The molecule has 0 aliphatic rings. The van der Waals surface area contributed by atoms with Crippen molar-refractivity contribution in [1.82, 2.24) is 0 Å². The smallest absolute Gasteiger partial charge is 0.462 e. The van der Waals surface area contributed by atoms with Crippen molar-refractivity contribution in [3.8, 4) is 0 Å². The highest BCUT2D eigenvalue weighted by Gasteiger charge is 2.30. The number of aliphatic hydroxyl groups excluding tert-OH is 1. The van der Waals surface area contributed by atoms with Crippen molar-refractivity contribution in [2.45, 2.75) is 369 Å². The first-order valence-corrected chi connectivity index (χ1v) is 39.7. The van der Waals surface area contributed by atoms with Crippen molar-refractivity contribution in [3.05, 3.63) is 0 Å². The minimum atomic E-state index is -4.95. The molecule has 0 spiro atoms. The number of hydrogen-bond acceptors (Lipinski definition) is 15. The molecule has 0 fully saturated rings. The van der Waals surface area contributed by atoms with E-state index in [1.54, 1.807) is 0 Å². The van der Waals surface area contributed by atoms with Crippen LogP contribution in [0.4, 0.5) is 0 Å². The van der Waals surface area contributed by atoms with Gasteiger partial charge < -0.3 is 33.8 Å². The summed E-state index contributed by atoms with van der Waals surface area (Å²) in [4.78, 5) is 72.6. The Bertz CT molecular complexity index is 1780. The third-order valence-electron chi connectivity index (χ3n) is 16.3. The van der Waals surface area contributed by atoms with Crippen LogP contribution in [0.1, 0.15) is 351 Å². The minimum Gasteiger partial charge on any atom is -0.462 e. The number of carbonyl (C=O) groups excluding carboxylic acids is 4. The molecule has 0 amide bonds. The van der Waals surface area contributed by atoms with E-state index in [4.69, 9.17) is 37.0 Å². The SMILES string of the molecule is CC(C)CCCCCCCCCCCCCCC(=O)OC[C@H](COP(=O)(O)OC[C@@H](O)COP(=O)(O)OC[C@@H](COC(=O)CCCCCCCCC(C)C)OC(=O)CCCCCCCCCCCC(C)C)OC(=O)CCCCCCCCCCCCCC(C)C. The lowest BCUT2D eigenvalue weighted by atomic mass is 10.0. The fraction of sp³-hybridized carbons (Fsp3) is 0.944. The number of rotatable bonds is 68. The molecule has 534 valence electrons. The Morgan fingerprint density at radius 2 is 0.467 bits per heavy atom. The molecule has 0 aromatic heterocycles. The van der Waals surface area contributed by atoms with Gasteiger partial charge in [0.05, 0.1) is 26.4 Å². The van der Waals surface area contributed by atoms with Crippen molar-refractivity contribution in [2.75, 3.05) is 39.6 Å². The molecule has 0 saturated heterocycles. The van der Waals surface area contributed by atoms with Crippen molar-refractivity contribution >= 4 is 39.5 Å². The molecule has 5 atom stereocenters. The molecule has 0 aliphatic carbocycles. The van der Waals surface area contributed by atoms with Gasteiger partial charge in [0, 0.05) is 25.7 Å². The van der Waals surface area contributed by atoms with Crippen LogP contribution in [0.25, 0.3) is 0 Å². The normalized spacial score (nSPS) is 14.3. The summed E-state index contributed by atoms with van der Waals surface area (Å²) in [5, 5.41) is 10.6. The van der Waals surface area contributed by atoms with Gasteiger partial charge in [-0.3, -0.25) is 37.3 Å². The molecule has 0 aliphatic heterocycles. The van der Waals surface area contributed by atoms with Gasteiger partial charge in [0.15, 0.2) is 12.2 Å². The first kappa shape index (κ1) is 88.1. The van der Waals surface area contributed by atoms with Gasteiger partial charge in [-0.2, -0.15) is 0 Å². The average Bonchev–Trinajstić information content (AvgIpc) is 3.70. The molecule has 3 N–H and O–H groups in total. The highest BCUT2D eigenvalue weighted by molar-refractivity contribution is 7.47. The molecule has 2 unspecified atom stereocenters. The van der Waals surface area contributed by atoms with Crippen LogP contribution in [-0.2, 0) is 65.4 Å². The summed E-state index contributed by atoms with van der Waals surface area (Å²) in [6.07, 6.45) is 43.2. The van der Waals surface area contributed by atoms with Crippen molar-refractivity contribution in [2.24, 2.45) is 23.7 Å². The number of hydrogen-bond donors (Lipinski definition) is 3. The van der Waals surface area contributed by atoms with Crippen LogP contribution in [0.2, 0.25) is 0 Å². The summed E-state index contributed by atoms with van der Waals surface area (Å²) in [6, 6.07) is 0. The number of esters is 4. The van der Waals surface area contributed by atoms with Gasteiger partial charge in [0.1, 0.15) is 19.3 Å². The average molecular weight is 1330 g/mol. The summed E-state index contributed by atoms with van der Waals surface area (Å²) in [5.41, 5.74) is 0. The predicted molar refractivity (Wildman–Crippen MR) is 363 cm³/mol. The van der Waals surface area contributed by atoms with E-state index in [0.717, 1.165) is 114 Å². The maximum absolute atomic E-state index is 13.0. The quantitative estimate of drug-likeness (QED) is 0.0222. The summed E-state index contributed by atoms with van der Waals surface area (Å²) in [6.45, 7) is 14.1. The molecule has 90 heavy (non-hydrogen) atoms. The second kappa shape index (κ2) is 60.7. The standard InChI is InChI=1S/C71H138O17P2/c1-61(2)47-39-31-23-17-12-9-10-14-20-26-35-43-51-68(73)81-57-66(87-70(75)53-45-37-27-21-15-11-13-18-24-32-40-48-62(3)4)59-85-89(77,78)83-55-65(72)56-84-90(79,80)86-60-67(58-82-69(74)52-44-36-30-29-34-42-50-64(7)8)88-71(76)54-46-38-28-22-16-19-25-33-41-49-63(5)6/h61-67,72H,9-60H2,1-8H3,(H,77,78)(H,79,80)/t65-,66-,67-/m1/s1. The molecule has 19 heteroatoms. The van der Waals surface area contributed by atoms with Crippen LogP contribution >= 0.6 is 15.6 Å². The Morgan fingerprint density at radius 1 is 0.278 bits per heavy atom. The molecule has 0 bridgehead atoms. The third kappa shape index (κ3) is 64.8. The van der Waals surface area contributed by atoms with Crippen molar-refractivity contribution < 1.29 is 80.2 Å². The number of ether oxygens (including phenoxy) is 4. The maximum Gasteiger partial charge on any atom is 0.472 e. The van der Waals surface area contributed by atoms with Crippen LogP contribution in [0, 0.1) is 23.7 Å². The van der Waals surface area contributed by atoms with Gasteiger partial charge in [-0.25, -0.2) is 9.13 Å². The monoisotopic (exact) mass is 1320 g/mol. The molecule has 0 aromatic carbocycles. The summed E-state index contributed by atoms with van der Waals surface area (Å²) in [5.74, 6) is 0.833. The first-order valence-electron chi connectivity index (χ1n) is 36.7. The molecule has 0 aromatic rings. The highest BCUT2D eigenvalue weighted by Crippen LogP contribution is 2.45. The summed E-state index contributed by atoms with van der Waals surface area (Å²) >= 11 is 0. The zero-order chi connectivity index (χ0) is 66.8. The Balaban J connectivity index is 5.25. The third-order valence-corrected chi connectivity index (χ3v) is 18.2. The summed E-state index contributed by atoms with van der Waals surface area (Å²) < 4.78 is 68.3. The van der Waals surface area contributed by atoms with Crippen LogP contribution in [-0.4, -0.2) is 96.7 Å². The number of unbranched alkanes of at least 4 members (excludes halogenated alkanes) is 34. The molecule has 0 saturated carbocycles. The molecular formula is C71H138O17P2. The lowest BCUT2D eigenvalue weighted by molar-refractivity contribution is -0.161. The second-order valence-corrected chi connectivity index (χ2v) is 30.4. The zero-order valence-corrected chi connectivity index (χ0v) is 60.6. The molecule has 0 radical (unpaired) electrons. The van der Waals surface area contributed by atoms with E-state index in [1.165, 1.54) is 148 Å². The molecule has 17 nitrogen and oxygen atoms in total. The summed E-state index contributed by atoms with van der Waals surface area (Å²) in [7, 11) is -9.90. The number of aliphatic hydroxyl groups is 1. The van der Waals surface area contributed by atoms with E-state index in [0.29, 0.717) is 31.6 Å². The van der Waals surface area contributed by atoms with Gasteiger partial charge in [-0.1, -0.05) is 299 Å². The fourth-order valence-corrected chi connectivity index (χ4v) is 12.2. The minimum absolute atomic E-state index is 0.104. The Morgan fingerprint density at radius 3 is 0.689 bits per heavy atom. The number of phosphoric ester groups is 2. The zero-order valence-electron chi connectivity index (χ0n) is 58.8. The van der Waals surface area contributed by atoms with E-state index in [9.17, 15) is 43.2 Å². The van der Waals surface area contributed by atoms with E-state index >= 15 is 0 Å². The Hall–Kier alpha value is -1.94. The fourth-order valence-electron chi connectivity index (χ4n) is 10.7. The van der Waals surface area contributed by atoms with E-state index < -0.39 is 97.5 Å². The number of carbonyl (C=O) groups is 4.